The van der Waals surface area contributed by atoms with Crippen LogP contribution in [0.1, 0.15) is 0 Å². The van der Waals surface area contributed by atoms with E-state index in [0.717, 1.165) is 30.3 Å². The standard InChI is InChI=1S/C14H11ClF2N2O4S/c15-12-7-10(3-6-13(12)17)18-14(20)8-23-19-24(21,22)11-4-1-9(16)2-5-11/h1-7,19H,8H2,(H,18,20). The number of sulfonamides is 1. The number of amides is 1. The Hall–Kier alpha value is -2.07. The van der Waals surface area contributed by atoms with Crippen LogP contribution < -0.4 is 10.2 Å². The number of hydrogen-bond donors (Lipinski definition) is 2. The molecule has 0 aliphatic rings. The molecule has 2 rings (SSSR count). The minimum Gasteiger partial charge on any atom is -0.324 e. The Kier molecular flexibility index (Phi) is 5.84. The second kappa shape index (κ2) is 7.67. The quantitative estimate of drug-likeness (QED) is 0.758. The molecule has 0 bridgehead atoms. The number of rotatable bonds is 6. The fourth-order valence-electron chi connectivity index (χ4n) is 1.61. The summed E-state index contributed by atoms with van der Waals surface area (Å²) in [5, 5.41) is 2.17. The molecule has 0 aliphatic heterocycles. The third kappa shape index (κ3) is 4.96. The van der Waals surface area contributed by atoms with Gasteiger partial charge in [-0.05, 0) is 42.5 Å². The predicted octanol–water partition coefficient (Wildman–Crippen LogP) is 2.47. The average molecular weight is 377 g/mol. The van der Waals surface area contributed by atoms with Crippen LogP contribution in [0.15, 0.2) is 47.4 Å². The number of nitrogens with one attached hydrogen (secondary N) is 2. The Balaban J connectivity index is 1.87. The Labute approximate surface area is 141 Å². The summed E-state index contributed by atoms with van der Waals surface area (Å²) in [4.78, 5) is 17.7. The highest BCUT2D eigenvalue weighted by Crippen LogP contribution is 2.19. The smallest absolute Gasteiger partial charge is 0.262 e. The van der Waals surface area contributed by atoms with Crippen LogP contribution >= 0.6 is 11.6 Å². The average Bonchev–Trinajstić information content (AvgIpc) is 2.51. The zero-order valence-corrected chi connectivity index (χ0v) is 13.5. The highest BCUT2D eigenvalue weighted by atomic mass is 35.5. The van der Waals surface area contributed by atoms with E-state index in [2.05, 4.69) is 10.2 Å². The highest BCUT2D eigenvalue weighted by molar-refractivity contribution is 7.89. The lowest BCUT2D eigenvalue weighted by Crippen LogP contribution is -2.29. The molecule has 0 aliphatic carbocycles. The molecule has 0 radical (unpaired) electrons. The molecule has 0 saturated carbocycles. The molecule has 24 heavy (non-hydrogen) atoms. The molecule has 0 fully saturated rings. The van der Waals surface area contributed by atoms with E-state index in [9.17, 15) is 22.0 Å². The molecular formula is C14H11ClF2N2O4S. The summed E-state index contributed by atoms with van der Waals surface area (Å²) in [6, 6.07) is 7.57. The molecule has 0 aromatic heterocycles. The maximum absolute atomic E-state index is 13.0. The van der Waals surface area contributed by atoms with E-state index in [1.165, 1.54) is 12.1 Å². The molecule has 128 valence electrons. The van der Waals surface area contributed by atoms with Gasteiger partial charge in [0.15, 0.2) is 0 Å². The van der Waals surface area contributed by atoms with Crippen LogP contribution in [0.4, 0.5) is 14.5 Å². The van der Waals surface area contributed by atoms with Crippen LogP contribution in [0.5, 0.6) is 0 Å². The lowest BCUT2D eigenvalue weighted by atomic mass is 10.3. The van der Waals surface area contributed by atoms with Gasteiger partial charge >= 0.3 is 0 Å². The Bertz CT molecular complexity index is 844. The van der Waals surface area contributed by atoms with E-state index >= 15 is 0 Å². The van der Waals surface area contributed by atoms with Gasteiger partial charge in [0.1, 0.15) is 18.2 Å². The van der Waals surface area contributed by atoms with Gasteiger partial charge in [0.05, 0.1) is 9.92 Å². The molecule has 0 saturated heterocycles. The fraction of sp³-hybridized carbons (Fsp3) is 0.0714. The number of carbonyl (C=O) groups is 1. The molecule has 0 spiro atoms. The molecular weight excluding hydrogens is 366 g/mol. The van der Waals surface area contributed by atoms with Gasteiger partial charge in [0.2, 0.25) is 0 Å². The van der Waals surface area contributed by atoms with E-state index in [0.29, 0.717) is 0 Å². The number of anilines is 1. The van der Waals surface area contributed by atoms with Crippen molar-refractivity contribution in [2.75, 3.05) is 11.9 Å². The van der Waals surface area contributed by atoms with Crippen LogP contribution in [-0.2, 0) is 19.7 Å². The molecule has 1 amide bonds. The first-order valence-electron chi connectivity index (χ1n) is 6.42. The van der Waals surface area contributed by atoms with Crippen LogP contribution in [0, 0.1) is 11.6 Å². The Morgan fingerprint density at radius 3 is 2.42 bits per heavy atom. The summed E-state index contributed by atoms with van der Waals surface area (Å²) >= 11 is 5.56. The van der Waals surface area contributed by atoms with Crippen LogP contribution in [0.25, 0.3) is 0 Å². The number of halogens is 3. The molecule has 2 aromatic rings. The van der Waals surface area contributed by atoms with Gasteiger partial charge in [-0.2, -0.15) is 0 Å². The van der Waals surface area contributed by atoms with Gasteiger partial charge in [-0.25, -0.2) is 17.2 Å². The van der Waals surface area contributed by atoms with Crippen molar-refractivity contribution < 1.29 is 26.8 Å². The number of hydrogen-bond acceptors (Lipinski definition) is 4. The lowest BCUT2D eigenvalue weighted by molar-refractivity contribution is -0.121. The zero-order valence-electron chi connectivity index (χ0n) is 11.9. The van der Waals surface area contributed by atoms with Gasteiger partial charge in [-0.15, -0.1) is 0 Å². The third-order valence-corrected chi connectivity index (χ3v) is 4.22. The largest absolute Gasteiger partial charge is 0.324 e. The molecule has 0 heterocycles. The predicted molar refractivity (Wildman–Crippen MR) is 82.7 cm³/mol. The first-order valence-corrected chi connectivity index (χ1v) is 8.28. The van der Waals surface area contributed by atoms with Crippen molar-refractivity contribution in [1.82, 2.24) is 4.89 Å². The van der Waals surface area contributed by atoms with Crippen molar-refractivity contribution in [3.63, 3.8) is 0 Å². The fourth-order valence-corrected chi connectivity index (χ4v) is 2.59. The molecule has 0 atom stereocenters. The van der Waals surface area contributed by atoms with E-state index in [1.54, 1.807) is 4.89 Å². The maximum atomic E-state index is 13.0. The minimum atomic E-state index is -4.05. The summed E-state index contributed by atoms with van der Waals surface area (Å²) in [6.07, 6.45) is 0. The summed E-state index contributed by atoms with van der Waals surface area (Å²) < 4.78 is 49.4. The topological polar surface area (TPSA) is 84.5 Å². The van der Waals surface area contributed by atoms with Gasteiger partial charge in [-0.3, -0.25) is 9.63 Å². The van der Waals surface area contributed by atoms with E-state index in [-0.39, 0.29) is 15.6 Å². The SMILES string of the molecule is O=C(CONS(=O)(=O)c1ccc(F)cc1)Nc1ccc(F)c(Cl)c1. The van der Waals surface area contributed by atoms with E-state index < -0.39 is 34.2 Å². The van der Waals surface area contributed by atoms with E-state index in [1.807, 2.05) is 0 Å². The highest BCUT2D eigenvalue weighted by Gasteiger charge is 2.15. The van der Waals surface area contributed by atoms with E-state index in [4.69, 9.17) is 11.6 Å². The van der Waals surface area contributed by atoms with Gasteiger partial charge < -0.3 is 5.32 Å². The molecule has 0 unspecified atom stereocenters. The van der Waals surface area contributed by atoms with Gasteiger partial charge in [0.25, 0.3) is 15.9 Å². The number of benzene rings is 2. The molecule has 6 nitrogen and oxygen atoms in total. The van der Waals surface area contributed by atoms with Crippen molar-refractivity contribution in [1.29, 1.82) is 0 Å². The minimum absolute atomic E-state index is 0.175. The summed E-state index contributed by atoms with van der Waals surface area (Å²) in [5.41, 5.74) is 0.219. The van der Waals surface area contributed by atoms with Crippen molar-refractivity contribution >= 4 is 33.2 Å². The summed E-state index contributed by atoms with van der Waals surface area (Å²) in [7, 11) is -4.05. The first kappa shape index (κ1) is 18.3. The first-order chi connectivity index (χ1) is 11.3. The second-order valence-electron chi connectivity index (χ2n) is 4.51. The normalized spacial score (nSPS) is 11.3. The zero-order chi connectivity index (χ0) is 17.7. The van der Waals surface area contributed by atoms with Crippen molar-refractivity contribution in [2.24, 2.45) is 0 Å². The van der Waals surface area contributed by atoms with Crippen LogP contribution in [-0.4, -0.2) is 20.9 Å². The summed E-state index contributed by atoms with van der Waals surface area (Å²) in [6.45, 7) is -0.643. The van der Waals surface area contributed by atoms with Gasteiger partial charge in [-0.1, -0.05) is 16.5 Å². The van der Waals surface area contributed by atoms with Gasteiger partial charge in [0, 0.05) is 5.69 Å². The third-order valence-electron chi connectivity index (χ3n) is 2.70. The number of carbonyl (C=O) groups excluding carboxylic acids is 1. The van der Waals surface area contributed by atoms with Crippen molar-refractivity contribution in [3.8, 4) is 0 Å². The Morgan fingerprint density at radius 1 is 1.12 bits per heavy atom. The molecule has 2 aromatic carbocycles. The van der Waals surface area contributed by atoms with Crippen molar-refractivity contribution in [2.45, 2.75) is 4.90 Å². The molecule has 2 N–H and O–H groups in total. The monoisotopic (exact) mass is 376 g/mol. The maximum Gasteiger partial charge on any atom is 0.262 e. The lowest BCUT2D eigenvalue weighted by Gasteiger charge is -2.08. The summed E-state index contributed by atoms with van der Waals surface area (Å²) in [5.74, 6) is -1.93. The Morgan fingerprint density at radius 2 is 1.79 bits per heavy atom. The second-order valence-corrected chi connectivity index (χ2v) is 6.56. The van der Waals surface area contributed by atoms with Crippen LogP contribution in [0.3, 0.4) is 0 Å². The molecule has 10 heteroatoms. The van der Waals surface area contributed by atoms with Crippen LogP contribution in [0.2, 0.25) is 5.02 Å². The van der Waals surface area contributed by atoms with Crippen molar-refractivity contribution in [3.05, 3.63) is 59.1 Å².